The Balaban J connectivity index is 1.70. The zero-order chi connectivity index (χ0) is 16.5. The molecule has 4 aliphatic carbocycles. The van der Waals surface area contributed by atoms with Gasteiger partial charge in [0.1, 0.15) is 0 Å². The van der Waals surface area contributed by atoms with Crippen molar-refractivity contribution in [3.05, 3.63) is 11.6 Å². The zero-order valence-electron chi connectivity index (χ0n) is 14.3. The summed E-state index contributed by atoms with van der Waals surface area (Å²) in [5, 5.41) is 20.4. The summed E-state index contributed by atoms with van der Waals surface area (Å²) in [6.07, 6.45) is 9.42. The van der Waals surface area contributed by atoms with E-state index in [1.165, 1.54) is 5.57 Å². The number of allylic oxidation sites excluding steroid dienone is 1. The molecule has 4 aliphatic rings. The van der Waals surface area contributed by atoms with Gasteiger partial charge in [-0.1, -0.05) is 19.4 Å². The van der Waals surface area contributed by atoms with E-state index in [2.05, 4.69) is 19.9 Å². The van der Waals surface area contributed by atoms with Crippen molar-refractivity contribution in [3.8, 4) is 6.07 Å². The van der Waals surface area contributed by atoms with Crippen molar-refractivity contribution in [2.24, 2.45) is 28.6 Å². The van der Waals surface area contributed by atoms with Gasteiger partial charge in [-0.15, -0.1) is 0 Å². The van der Waals surface area contributed by atoms with Gasteiger partial charge in [0.05, 0.1) is 6.07 Å². The van der Waals surface area contributed by atoms with Gasteiger partial charge in [-0.2, -0.15) is 5.26 Å². The highest BCUT2D eigenvalue weighted by Gasteiger charge is 2.64. The lowest BCUT2D eigenvalue weighted by molar-refractivity contribution is -0.119. The van der Waals surface area contributed by atoms with Crippen LogP contribution in [0.5, 0.6) is 0 Å². The largest absolute Gasteiger partial charge is 0.375 e. The van der Waals surface area contributed by atoms with Crippen molar-refractivity contribution in [1.29, 1.82) is 5.26 Å². The average Bonchev–Trinajstić information content (AvgIpc) is 2.80. The molecular weight excluding hydrogens is 286 g/mol. The Morgan fingerprint density at radius 3 is 2.61 bits per heavy atom. The molecule has 0 aromatic heterocycles. The molecule has 3 fully saturated rings. The van der Waals surface area contributed by atoms with Crippen molar-refractivity contribution < 1.29 is 9.90 Å². The van der Waals surface area contributed by atoms with Gasteiger partial charge < -0.3 is 5.11 Å². The first kappa shape index (κ1) is 15.4. The number of ketones is 1. The van der Waals surface area contributed by atoms with Crippen LogP contribution in [0, 0.1) is 39.9 Å². The summed E-state index contributed by atoms with van der Waals surface area (Å²) in [6.45, 7) is 4.53. The molecule has 3 saturated carbocycles. The summed E-state index contributed by atoms with van der Waals surface area (Å²) in [5.74, 6) is 1.99. The maximum absolute atomic E-state index is 11.8. The van der Waals surface area contributed by atoms with Crippen LogP contribution in [-0.2, 0) is 4.79 Å². The third-order valence-electron chi connectivity index (χ3n) is 8.30. The van der Waals surface area contributed by atoms with Crippen LogP contribution in [0.4, 0.5) is 0 Å². The van der Waals surface area contributed by atoms with Gasteiger partial charge in [0.25, 0.3) is 0 Å². The number of nitrogens with zero attached hydrogens (tertiary/aromatic N) is 1. The molecular formula is C20H27NO2. The summed E-state index contributed by atoms with van der Waals surface area (Å²) in [6, 6.07) is 2.25. The number of aliphatic hydroxyl groups is 1. The average molecular weight is 313 g/mol. The fourth-order valence-electron chi connectivity index (χ4n) is 6.76. The van der Waals surface area contributed by atoms with Gasteiger partial charge in [0.15, 0.2) is 11.4 Å². The molecule has 0 aliphatic heterocycles. The van der Waals surface area contributed by atoms with Crippen molar-refractivity contribution >= 4 is 5.78 Å². The lowest BCUT2D eigenvalue weighted by atomic mass is 9.46. The van der Waals surface area contributed by atoms with Crippen molar-refractivity contribution in [3.63, 3.8) is 0 Å². The van der Waals surface area contributed by atoms with Crippen LogP contribution in [0.1, 0.15) is 65.2 Å². The molecule has 6 atom stereocenters. The quantitative estimate of drug-likeness (QED) is 0.692. The molecule has 4 rings (SSSR count). The summed E-state index contributed by atoms with van der Waals surface area (Å²) < 4.78 is 0. The van der Waals surface area contributed by atoms with Crippen LogP contribution in [-0.4, -0.2) is 16.5 Å². The van der Waals surface area contributed by atoms with Gasteiger partial charge >= 0.3 is 0 Å². The van der Waals surface area contributed by atoms with Gasteiger partial charge in [-0.05, 0) is 74.2 Å². The molecule has 0 radical (unpaired) electrons. The van der Waals surface area contributed by atoms with Crippen molar-refractivity contribution in [1.82, 2.24) is 0 Å². The molecule has 0 heterocycles. The van der Waals surface area contributed by atoms with Crippen LogP contribution >= 0.6 is 0 Å². The van der Waals surface area contributed by atoms with Gasteiger partial charge in [-0.25, -0.2) is 0 Å². The highest BCUT2D eigenvalue weighted by atomic mass is 16.3. The Morgan fingerprint density at radius 1 is 1.13 bits per heavy atom. The number of nitriles is 1. The predicted octanol–water partition coefficient (Wildman–Crippen LogP) is 3.77. The Hall–Kier alpha value is -1.14. The number of hydrogen-bond donors (Lipinski definition) is 1. The number of rotatable bonds is 0. The highest BCUT2D eigenvalue weighted by molar-refractivity contribution is 5.91. The Kier molecular flexibility index (Phi) is 3.14. The molecule has 0 spiro atoms. The molecule has 3 nitrogen and oxygen atoms in total. The highest BCUT2D eigenvalue weighted by Crippen LogP contribution is 2.67. The lowest BCUT2D eigenvalue weighted by Gasteiger charge is -2.58. The number of fused-ring (bicyclic) bond motifs is 5. The Labute approximate surface area is 138 Å². The van der Waals surface area contributed by atoms with Gasteiger partial charge in [0, 0.05) is 11.8 Å². The smallest absolute Gasteiger partial charge is 0.156 e. The van der Waals surface area contributed by atoms with E-state index in [1.807, 2.05) is 6.08 Å². The van der Waals surface area contributed by atoms with Gasteiger partial charge in [0.2, 0.25) is 0 Å². The third kappa shape index (κ3) is 1.82. The third-order valence-corrected chi connectivity index (χ3v) is 8.30. The summed E-state index contributed by atoms with van der Waals surface area (Å²) in [4.78, 5) is 11.8. The molecule has 0 aromatic carbocycles. The van der Waals surface area contributed by atoms with E-state index in [9.17, 15) is 15.2 Å². The molecule has 0 saturated heterocycles. The first-order chi connectivity index (χ1) is 10.8. The van der Waals surface area contributed by atoms with E-state index in [0.717, 1.165) is 38.5 Å². The lowest BCUT2D eigenvalue weighted by Crippen LogP contribution is -2.54. The van der Waals surface area contributed by atoms with E-state index in [-0.39, 0.29) is 10.8 Å². The van der Waals surface area contributed by atoms with Gasteiger partial charge in [-0.3, -0.25) is 4.79 Å². The minimum Gasteiger partial charge on any atom is -0.375 e. The second kappa shape index (κ2) is 4.70. The molecule has 124 valence electrons. The minimum absolute atomic E-state index is 0.172. The first-order valence-electron chi connectivity index (χ1n) is 9.22. The van der Waals surface area contributed by atoms with Crippen LogP contribution in [0.2, 0.25) is 0 Å². The topological polar surface area (TPSA) is 61.1 Å². The van der Waals surface area contributed by atoms with Crippen LogP contribution in [0.25, 0.3) is 0 Å². The standard InChI is InChI=1S/C20H27NO2/c1-18-8-5-14(22)11-13(18)3-4-15-16(18)6-9-19(2)17(15)7-10-20(19,23)12-21/h11,15-17,23H,3-10H2,1-2H3/t15-,16+,17+,18+,19-,20+/m1/s1. The summed E-state index contributed by atoms with van der Waals surface area (Å²) >= 11 is 0. The maximum Gasteiger partial charge on any atom is 0.156 e. The Morgan fingerprint density at radius 2 is 1.87 bits per heavy atom. The van der Waals surface area contributed by atoms with Crippen LogP contribution in [0.15, 0.2) is 11.6 Å². The molecule has 23 heavy (non-hydrogen) atoms. The molecule has 0 amide bonds. The maximum atomic E-state index is 11.8. The first-order valence-corrected chi connectivity index (χ1v) is 9.22. The van der Waals surface area contributed by atoms with Crippen molar-refractivity contribution in [2.45, 2.75) is 70.8 Å². The normalized spacial score (nSPS) is 52.0. The molecule has 1 N–H and O–H groups in total. The van der Waals surface area contributed by atoms with E-state index >= 15 is 0 Å². The fraction of sp³-hybridized carbons (Fsp3) is 0.800. The van der Waals surface area contributed by atoms with E-state index in [0.29, 0.717) is 36.4 Å². The second-order valence-electron chi connectivity index (χ2n) is 8.94. The monoisotopic (exact) mass is 313 g/mol. The van der Waals surface area contributed by atoms with E-state index in [1.54, 1.807) is 0 Å². The second-order valence-corrected chi connectivity index (χ2v) is 8.94. The zero-order valence-corrected chi connectivity index (χ0v) is 14.3. The molecule has 0 unspecified atom stereocenters. The molecule has 0 aromatic rings. The number of carbonyl (C=O) groups is 1. The molecule has 3 heteroatoms. The van der Waals surface area contributed by atoms with Crippen molar-refractivity contribution in [2.75, 3.05) is 0 Å². The minimum atomic E-state index is -1.14. The summed E-state index contributed by atoms with van der Waals surface area (Å²) in [5.41, 5.74) is 0.172. The number of hydrogen-bond acceptors (Lipinski definition) is 3. The van der Waals surface area contributed by atoms with E-state index in [4.69, 9.17) is 0 Å². The Bertz CT molecular complexity index is 632. The molecule has 0 bridgehead atoms. The summed E-state index contributed by atoms with van der Waals surface area (Å²) in [7, 11) is 0. The van der Waals surface area contributed by atoms with E-state index < -0.39 is 5.60 Å². The SMILES string of the molecule is C[C@]12CCC(=O)C=C1CC[C@@H]1[C@@H]2CC[C@]2(C)[C@H]1CC[C@]2(O)C#N. The van der Waals surface area contributed by atoms with Crippen LogP contribution < -0.4 is 0 Å². The fourth-order valence-corrected chi connectivity index (χ4v) is 6.76. The van der Waals surface area contributed by atoms with Crippen LogP contribution in [0.3, 0.4) is 0 Å². The predicted molar refractivity (Wildman–Crippen MR) is 87.3 cm³/mol. The number of carbonyl (C=O) groups excluding carboxylic acids is 1.